The second-order valence-electron chi connectivity index (χ2n) is 4.60. The van der Waals surface area contributed by atoms with Crippen LogP contribution in [0.2, 0.25) is 0 Å². The van der Waals surface area contributed by atoms with Gasteiger partial charge in [0.15, 0.2) is 4.34 Å². The Balaban J connectivity index is 2.54. The molecule has 0 saturated heterocycles. The molecule has 0 aromatic carbocycles. The normalized spacial score (nSPS) is 15.8. The van der Waals surface area contributed by atoms with Gasteiger partial charge in [-0.1, -0.05) is 25.6 Å². The fraction of sp³-hybridized carbons (Fsp3) is 0.750. The van der Waals surface area contributed by atoms with E-state index in [1.54, 1.807) is 25.6 Å². The third-order valence-electron chi connectivity index (χ3n) is 2.52. The molecule has 0 bridgehead atoms. The number of thioether (sulfide) groups is 1. The molecule has 2 atom stereocenters. The van der Waals surface area contributed by atoms with Crippen LogP contribution in [0.15, 0.2) is 4.34 Å². The molecule has 7 heteroatoms. The molecular weight excluding hydrogens is 282 g/mol. The van der Waals surface area contributed by atoms with E-state index in [0.717, 1.165) is 16.6 Å². The number of carbonyl (C=O) groups excluding carboxylic acids is 1. The Morgan fingerprint density at radius 1 is 1.58 bits per heavy atom. The summed E-state index contributed by atoms with van der Waals surface area (Å²) >= 11 is 2.99. The number of hydrogen-bond donors (Lipinski definition) is 1. The van der Waals surface area contributed by atoms with Gasteiger partial charge in [0.25, 0.3) is 0 Å². The second kappa shape index (κ2) is 7.21. The van der Waals surface area contributed by atoms with Crippen molar-refractivity contribution in [1.82, 2.24) is 9.36 Å². The average Bonchev–Trinajstić information content (AvgIpc) is 2.76. The molecule has 108 valence electrons. The van der Waals surface area contributed by atoms with E-state index in [2.05, 4.69) is 9.36 Å². The number of rotatable bonds is 7. The summed E-state index contributed by atoms with van der Waals surface area (Å²) in [5, 5.41) is 0.178. The molecular formula is C12H21N3O2S2. The van der Waals surface area contributed by atoms with Crippen molar-refractivity contribution < 1.29 is 9.53 Å². The van der Waals surface area contributed by atoms with Crippen LogP contribution in [0.25, 0.3) is 0 Å². The molecule has 1 heterocycles. The second-order valence-corrected chi connectivity index (χ2v) is 7.04. The van der Waals surface area contributed by atoms with E-state index in [-0.39, 0.29) is 11.2 Å². The quantitative estimate of drug-likeness (QED) is 0.615. The molecule has 1 aromatic rings. The first-order valence-corrected chi connectivity index (χ1v) is 7.99. The monoisotopic (exact) mass is 303 g/mol. The van der Waals surface area contributed by atoms with E-state index < -0.39 is 5.54 Å². The van der Waals surface area contributed by atoms with Crippen LogP contribution in [0.4, 0.5) is 0 Å². The number of ether oxygens (including phenoxy) is 1. The molecule has 0 saturated carbocycles. The van der Waals surface area contributed by atoms with Gasteiger partial charge in [-0.25, -0.2) is 4.98 Å². The lowest BCUT2D eigenvalue weighted by Crippen LogP contribution is -2.47. The number of aryl methyl sites for hydroxylation is 1. The fourth-order valence-corrected chi connectivity index (χ4v) is 3.83. The Morgan fingerprint density at radius 2 is 2.26 bits per heavy atom. The zero-order valence-corrected chi connectivity index (χ0v) is 13.4. The van der Waals surface area contributed by atoms with Crippen molar-refractivity contribution in [2.75, 3.05) is 6.61 Å². The number of esters is 1. The van der Waals surface area contributed by atoms with Crippen LogP contribution in [-0.2, 0) is 16.0 Å². The van der Waals surface area contributed by atoms with Crippen LogP contribution in [0.3, 0.4) is 0 Å². The third-order valence-corrected chi connectivity index (χ3v) is 4.44. The highest BCUT2D eigenvalue weighted by Gasteiger charge is 2.32. The molecule has 0 aliphatic heterocycles. The highest BCUT2D eigenvalue weighted by Crippen LogP contribution is 2.29. The standard InChI is InChI=1S/C12H21N3O2S2/c1-5-9-14-11(19-15-9)18-8(3)7-12(4,13)10(16)17-6-2/h8H,5-7,13H2,1-4H3. The molecule has 1 rings (SSSR count). The first-order chi connectivity index (χ1) is 8.89. The van der Waals surface area contributed by atoms with Crippen molar-refractivity contribution in [2.45, 2.75) is 55.7 Å². The first-order valence-electron chi connectivity index (χ1n) is 6.34. The molecule has 0 spiro atoms. The Bertz CT molecular complexity index is 421. The number of hydrogen-bond acceptors (Lipinski definition) is 7. The van der Waals surface area contributed by atoms with Gasteiger partial charge in [-0.15, -0.1) is 0 Å². The number of aromatic nitrogens is 2. The zero-order valence-electron chi connectivity index (χ0n) is 11.8. The molecule has 1 aromatic heterocycles. The van der Waals surface area contributed by atoms with E-state index in [0.29, 0.717) is 13.0 Å². The average molecular weight is 303 g/mol. The van der Waals surface area contributed by atoms with Crippen molar-refractivity contribution in [3.8, 4) is 0 Å². The summed E-state index contributed by atoms with van der Waals surface area (Å²) in [5.74, 6) is 0.509. The first kappa shape index (κ1) is 16.4. The van der Waals surface area contributed by atoms with Gasteiger partial charge in [0, 0.05) is 11.7 Å². The van der Waals surface area contributed by atoms with Crippen molar-refractivity contribution in [3.05, 3.63) is 5.82 Å². The van der Waals surface area contributed by atoms with Crippen LogP contribution in [-0.4, -0.2) is 32.7 Å². The van der Waals surface area contributed by atoms with Crippen LogP contribution in [0, 0.1) is 0 Å². The Labute approximate surface area is 122 Å². The van der Waals surface area contributed by atoms with Crippen LogP contribution in [0.1, 0.15) is 39.9 Å². The van der Waals surface area contributed by atoms with Crippen LogP contribution in [0.5, 0.6) is 0 Å². The zero-order chi connectivity index (χ0) is 14.5. The lowest BCUT2D eigenvalue weighted by Gasteiger charge is -2.24. The maximum absolute atomic E-state index is 11.7. The molecule has 0 amide bonds. The smallest absolute Gasteiger partial charge is 0.325 e. The highest BCUT2D eigenvalue weighted by molar-refractivity contribution is 8.01. The predicted molar refractivity (Wildman–Crippen MR) is 78.4 cm³/mol. The Hall–Kier alpha value is -0.660. The Kier molecular flexibility index (Phi) is 6.22. The topological polar surface area (TPSA) is 78.1 Å². The van der Waals surface area contributed by atoms with E-state index in [1.165, 1.54) is 11.5 Å². The molecule has 2 N–H and O–H groups in total. The Morgan fingerprint density at radius 3 is 2.79 bits per heavy atom. The maximum Gasteiger partial charge on any atom is 0.325 e. The minimum Gasteiger partial charge on any atom is -0.465 e. The largest absolute Gasteiger partial charge is 0.465 e. The van der Waals surface area contributed by atoms with Crippen molar-refractivity contribution >= 4 is 29.3 Å². The lowest BCUT2D eigenvalue weighted by molar-refractivity contribution is -0.149. The SMILES string of the molecule is CCOC(=O)C(C)(N)CC(C)Sc1nc(CC)ns1. The minimum atomic E-state index is -0.958. The summed E-state index contributed by atoms with van der Waals surface area (Å²) in [5.41, 5.74) is 5.05. The molecule has 19 heavy (non-hydrogen) atoms. The third kappa shape index (κ3) is 5.08. The number of carbonyl (C=O) groups is 1. The fourth-order valence-electron chi connectivity index (χ4n) is 1.62. The molecule has 0 aliphatic rings. The maximum atomic E-state index is 11.7. The molecule has 2 unspecified atom stereocenters. The summed E-state index contributed by atoms with van der Waals surface area (Å²) in [6, 6.07) is 0. The summed E-state index contributed by atoms with van der Waals surface area (Å²) in [6.45, 7) is 7.89. The van der Waals surface area contributed by atoms with Gasteiger partial charge in [0.2, 0.25) is 0 Å². The van der Waals surface area contributed by atoms with E-state index >= 15 is 0 Å². The van der Waals surface area contributed by atoms with Gasteiger partial charge in [-0.05, 0) is 31.8 Å². The predicted octanol–water partition coefficient (Wildman–Crippen LogP) is 2.25. The summed E-state index contributed by atoms with van der Waals surface area (Å²) in [4.78, 5) is 16.1. The van der Waals surface area contributed by atoms with Gasteiger partial charge < -0.3 is 10.5 Å². The van der Waals surface area contributed by atoms with Crippen molar-refractivity contribution in [2.24, 2.45) is 5.73 Å². The molecule has 0 radical (unpaired) electrons. The highest BCUT2D eigenvalue weighted by atomic mass is 32.2. The van der Waals surface area contributed by atoms with Gasteiger partial charge in [-0.3, -0.25) is 4.79 Å². The van der Waals surface area contributed by atoms with Gasteiger partial charge in [0.1, 0.15) is 11.4 Å². The van der Waals surface area contributed by atoms with E-state index in [9.17, 15) is 4.79 Å². The number of nitrogens with zero attached hydrogens (tertiary/aromatic N) is 2. The van der Waals surface area contributed by atoms with Gasteiger partial charge in [0.05, 0.1) is 6.61 Å². The minimum absolute atomic E-state index is 0.178. The lowest BCUT2D eigenvalue weighted by atomic mass is 9.98. The summed E-state index contributed by atoms with van der Waals surface area (Å²) in [7, 11) is 0. The van der Waals surface area contributed by atoms with Crippen molar-refractivity contribution in [1.29, 1.82) is 0 Å². The van der Waals surface area contributed by atoms with Crippen molar-refractivity contribution in [3.63, 3.8) is 0 Å². The summed E-state index contributed by atoms with van der Waals surface area (Å²) < 4.78 is 10.1. The van der Waals surface area contributed by atoms with Gasteiger partial charge >= 0.3 is 5.97 Å². The summed E-state index contributed by atoms with van der Waals surface area (Å²) in [6.07, 6.45) is 1.38. The molecule has 0 fully saturated rings. The van der Waals surface area contributed by atoms with Gasteiger partial charge in [-0.2, -0.15) is 4.37 Å². The molecule has 5 nitrogen and oxygen atoms in total. The molecule has 0 aliphatic carbocycles. The van der Waals surface area contributed by atoms with Crippen LogP contribution >= 0.6 is 23.3 Å². The van der Waals surface area contributed by atoms with E-state index in [4.69, 9.17) is 10.5 Å². The van der Waals surface area contributed by atoms with Crippen LogP contribution < -0.4 is 5.73 Å². The van der Waals surface area contributed by atoms with E-state index in [1.807, 2.05) is 13.8 Å². The number of nitrogens with two attached hydrogens (primary N) is 1.